The molecule has 1 aliphatic carbocycles. The van der Waals surface area contributed by atoms with Crippen LogP contribution in [-0.4, -0.2) is 13.1 Å². The van der Waals surface area contributed by atoms with Gasteiger partial charge in [-0.3, -0.25) is 0 Å². The first-order valence-electron chi connectivity index (χ1n) is 6.05. The summed E-state index contributed by atoms with van der Waals surface area (Å²) in [6.45, 7) is 4.77. The number of hydrogen-bond donors (Lipinski definition) is 1. The van der Waals surface area contributed by atoms with Crippen molar-refractivity contribution in [3.05, 3.63) is 35.4 Å². The molecule has 0 amide bonds. The average Bonchev–Trinajstić information content (AvgIpc) is 2.63. The highest BCUT2D eigenvalue weighted by Gasteiger charge is 2.43. The molecule has 1 saturated carbocycles. The fourth-order valence-corrected chi connectivity index (χ4v) is 3.32. The minimum atomic E-state index is 0.674. The predicted octanol–water partition coefficient (Wildman–Crippen LogP) is 2.85. The summed E-state index contributed by atoms with van der Waals surface area (Å²) in [6.07, 6.45) is 4.23. The van der Waals surface area contributed by atoms with Gasteiger partial charge in [-0.2, -0.15) is 0 Å². The van der Waals surface area contributed by atoms with Gasteiger partial charge in [-0.15, -0.1) is 0 Å². The molecule has 2 fully saturated rings. The van der Waals surface area contributed by atoms with E-state index in [0.717, 1.165) is 5.92 Å². The van der Waals surface area contributed by atoms with Crippen LogP contribution < -0.4 is 5.32 Å². The van der Waals surface area contributed by atoms with E-state index in [1.807, 2.05) is 0 Å². The number of hydrogen-bond acceptors (Lipinski definition) is 1. The summed E-state index contributed by atoms with van der Waals surface area (Å²) in [5.74, 6) is 0.827. The molecule has 1 saturated heterocycles. The van der Waals surface area contributed by atoms with Gasteiger partial charge in [0.1, 0.15) is 0 Å². The largest absolute Gasteiger partial charge is 0.316 e. The summed E-state index contributed by atoms with van der Waals surface area (Å²) in [5.41, 5.74) is 3.75. The number of rotatable bonds is 1. The molecule has 1 heteroatoms. The molecule has 80 valence electrons. The summed E-state index contributed by atoms with van der Waals surface area (Å²) in [4.78, 5) is 0. The van der Waals surface area contributed by atoms with Crippen molar-refractivity contribution in [3.63, 3.8) is 0 Å². The molecule has 1 N–H and O–H groups in total. The zero-order valence-corrected chi connectivity index (χ0v) is 9.42. The highest BCUT2D eigenvalue weighted by molar-refractivity contribution is 5.30. The van der Waals surface area contributed by atoms with Crippen molar-refractivity contribution in [2.24, 2.45) is 5.41 Å². The number of aryl methyl sites for hydroxylation is 1. The van der Waals surface area contributed by atoms with Gasteiger partial charge in [0.15, 0.2) is 0 Å². The molecular weight excluding hydrogens is 182 g/mol. The van der Waals surface area contributed by atoms with Gasteiger partial charge in [0, 0.05) is 13.1 Å². The first-order chi connectivity index (χ1) is 7.29. The molecule has 1 nitrogen and oxygen atoms in total. The van der Waals surface area contributed by atoms with Crippen LogP contribution in [0, 0.1) is 12.3 Å². The van der Waals surface area contributed by atoms with Crippen LogP contribution in [0.15, 0.2) is 24.3 Å². The van der Waals surface area contributed by atoms with Crippen LogP contribution in [0.25, 0.3) is 0 Å². The van der Waals surface area contributed by atoms with Crippen LogP contribution in [0.1, 0.15) is 36.3 Å². The topological polar surface area (TPSA) is 12.0 Å². The summed E-state index contributed by atoms with van der Waals surface area (Å²) >= 11 is 0. The van der Waals surface area contributed by atoms with Crippen molar-refractivity contribution in [3.8, 4) is 0 Å². The minimum absolute atomic E-state index is 0.674. The van der Waals surface area contributed by atoms with Gasteiger partial charge in [0.25, 0.3) is 0 Å². The zero-order chi connectivity index (χ0) is 10.3. The van der Waals surface area contributed by atoms with Crippen LogP contribution in [0.5, 0.6) is 0 Å². The molecule has 0 radical (unpaired) electrons. The first kappa shape index (κ1) is 9.41. The summed E-state index contributed by atoms with van der Waals surface area (Å²) in [7, 11) is 0. The molecule has 1 aromatic rings. The van der Waals surface area contributed by atoms with E-state index in [9.17, 15) is 0 Å². The van der Waals surface area contributed by atoms with E-state index in [1.165, 1.54) is 37.9 Å². The monoisotopic (exact) mass is 201 g/mol. The molecule has 1 aliphatic heterocycles. The van der Waals surface area contributed by atoms with Crippen LogP contribution in [-0.2, 0) is 0 Å². The molecular formula is C14H19N. The van der Waals surface area contributed by atoms with Gasteiger partial charge in [-0.25, -0.2) is 0 Å². The Hall–Kier alpha value is -0.820. The first-order valence-corrected chi connectivity index (χ1v) is 6.05. The molecule has 15 heavy (non-hydrogen) atoms. The minimum Gasteiger partial charge on any atom is -0.316 e. The van der Waals surface area contributed by atoms with E-state index in [-0.39, 0.29) is 0 Å². The van der Waals surface area contributed by atoms with Crippen molar-refractivity contribution in [1.29, 1.82) is 0 Å². The van der Waals surface area contributed by atoms with E-state index < -0.39 is 0 Å². The fraction of sp³-hybridized carbons (Fsp3) is 0.571. The lowest BCUT2D eigenvalue weighted by Gasteiger charge is -2.39. The maximum atomic E-state index is 3.43. The zero-order valence-electron chi connectivity index (χ0n) is 9.42. The predicted molar refractivity (Wildman–Crippen MR) is 63.1 cm³/mol. The van der Waals surface area contributed by atoms with Crippen LogP contribution in [0.3, 0.4) is 0 Å². The second-order valence-corrected chi connectivity index (χ2v) is 5.40. The Morgan fingerprint density at radius 3 is 2.67 bits per heavy atom. The van der Waals surface area contributed by atoms with Crippen LogP contribution >= 0.6 is 0 Å². The Balaban J connectivity index is 1.82. The normalized spacial score (nSPS) is 27.9. The molecule has 1 atom stereocenters. The highest BCUT2D eigenvalue weighted by Crippen LogP contribution is 2.49. The van der Waals surface area contributed by atoms with Gasteiger partial charge in [-0.05, 0) is 48.6 Å². The van der Waals surface area contributed by atoms with Gasteiger partial charge < -0.3 is 5.32 Å². The molecule has 0 aromatic heterocycles. The van der Waals surface area contributed by atoms with Gasteiger partial charge in [0.05, 0.1) is 0 Å². The Labute approximate surface area is 91.9 Å². The third kappa shape index (κ3) is 1.50. The van der Waals surface area contributed by atoms with Crippen molar-refractivity contribution in [1.82, 2.24) is 5.32 Å². The third-order valence-electron chi connectivity index (χ3n) is 4.33. The van der Waals surface area contributed by atoms with E-state index >= 15 is 0 Å². The quantitative estimate of drug-likeness (QED) is 0.736. The Morgan fingerprint density at radius 2 is 2.07 bits per heavy atom. The number of benzene rings is 1. The van der Waals surface area contributed by atoms with Crippen LogP contribution in [0.2, 0.25) is 0 Å². The van der Waals surface area contributed by atoms with Crippen molar-refractivity contribution < 1.29 is 0 Å². The van der Waals surface area contributed by atoms with E-state index in [1.54, 1.807) is 5.56 Å². The Morgan fingerprint density at radius 1 is 1.27 bits per heavy atom. The average molecular weight is 201 g/mol. The maximum Gasteiger partial charge on any atom is 0.00204 e. The standard InChI is InChI=1S/C14H19N/c1-11-4-2-3-5-13(11)12-6-7-14(8-12)9-15-10-14/h2-5,12,15H,6-10H2,1H3. The maximum absolute atomic E-state index is 3.43. The van der Waals surface area contributed by atoms with Gasteiger partial charge in [0.2, 0.25) is 0 Å². The second-order valence-electron chi connectivity index (χ2n) is 5.40. The van der Waals surface area contributed by atoms with Crippen molar-refractivity contribution in [2.45, 2.75) is 32.1 Å². The third-order valence-corrected chi connectivity index (χ3v) is 4.33. The van der Waals surface area contributed by atoms with Crippen molar-refractivity contribution in [2.75, 3.05) is 13.1 Å². The van der Waals surface area contributed by atoms with Crippen LogP contribution in [0.4, 0.5) is 0 Å². The van der Waals surface area contributed by atoms with E-state index in [2.05, 4.69) is 36.5 Å². The lowest BCUT2D eigenvalue weighted by molar-refractivity contribution is 0.175. The van der Waals surface area contributed by atoms with Gasteiger partial charge in [-0.1, -0.05) is 24.3 Å². The smallest absolute Gasteiger partial charge is 0.00204 e. The Bertz CT molecular complexity index is 365. The molecule has 2 aliphatic rings. The fourth-order valence-electron chi connectivity index (χ4n) is 3.32. The molecule has 1 heterocycles. The Kier molecular flexibility index (Phi) is 2.10. The number of nitrogens with one attached hydrogen (secondary N) is 1. The molecule has 3 rings (SSSR count). The van der Waals surface area contributed by atoms with E-state index in [4.69, 9.17) is 0 Å². The molecule has 1 spiro atoms. The summed E-state index contributed by atoms with van der Waals surface area (Å²) in [5, 5.41) is 3.43. The molecule has 1 unspecified atom stereocenters. The lowest BCUT2D eigenvalue weighted by atomic mass is 9.78. The second kappa shape index (κ2) is 3.34. The van der Waals surface area contributed by atoms with Gasteiger partial charge >= 0.3 is 0 Å². The van der Waals surface area contributed by atoms with E-state index in [0.29, 0.717) is 5.41 Å². The molecule has 0 bridgehead atoms. The molecule has 1 aromatic carbocycles. The lowest BCUT2D eigenvalue weighted by Crippen LogP contribution is -2.51. The summed E-state index contributed by atoms with van der Waals surface area (Å²) < 4.78 is 0. The summed E-state index contributed by atoms with van der Waals surface area (Å²) in [6, 6.07) is 8.91. The van der Waals surface area contributed by atoms with Crippen molar-refractivity contribution >= 4 is 0 Å². The SMILES string of the molecule is Cc1ccccc1C1CCC2(CNC2)C1. The highest BCUT2D eigenvalue weighted by atomic mass is 15.0.